The third-order valence-corrected chi connectivity index (χ3v) is 4.48. The molecule has 138 valence electrons. The Kier molecular flexibility index (Phi) is 5.24. The number of alkyl halides is 3. The second-order valence-electron chi connectivity index (χ2n) is 5.70. The van der Waals surface area contributed by atoms with E-state index in [1.54, 1.807) is 12.1 Å². The van der Waals surface area contributed by atoms with Gasteiger partial charge in [0.2, 0.25) is 11.9 Å². The van der Waals surface area contributed by atoms with Crippen molar-refractivity contribution in [3.05, 3.63) is 46.2 Å². The minimum Gasteiger partial charge on any atom is -0.329 e. The molecule has 1 amide bonds. The zero-order chi connectivity index (χ0) is 18.9. The molecule has 10 heteroatoms. The number of hydrogen-bond donors (Lipinski definition) is 1. The van der Waals surface area contributed by atoms with Gasteiger partial charge >= 0.3 is 6.18 Å². The molecule has 2 aromatic rings. The van der Waals surface area contributed by atoms with Crippen LogP contribution in [-0.2, 0) is 11.0 Å². The number of carbonyl (C=O) groups is 1. The van der Waals surface area contributed by atoms with E-state index in [1.165, 1.54) is 11.0 Å². The van der Waals surface area contributed by atoms with Gasteiger partial charge in [0.15, 0.2) is 0 Å². The number of carbonyl (C=O) groups excluding carboxylic acids is 1. The Bertz CT molecular complexity index is 831. The predicted molar refractivity (Wildman–Crippen MR) is 92.5 cm³/mol. The number of hydrogen-bond acceptors (Lipinski definition) is 4. The molecule has 1 N–H and O–H groups in total. The van der Waals surface area contributed by atoms with Gasteiger partial charge in [-0.1, -0.05) is 23.2 Å². The predicted octanol–water partition coefficient (Wildman–Crippen LogP) is 4.41. The van der Waals surface area contributed by atoms with Crippen LogP contribution in [0.1, 0.15) is 18.5 Å². The third-order valence-electron chi connectivity index (χ3n) is 3.93. The molecule has 1 saturated heterocycles. The Morgan fingerprint density at radius 1 is 1.27 bits per heavy atom. The third kappa shape index (κ3) is 4.02. The quantitative estimate of drug-likeness (QED) is 0.822. The van der Waals surface area contributed by atoms with Gasteiger partial charge in [0.25, 0.3) is 0 Å². The second kappa shape index (κ2) is 7.28. The van der Waals surface area contributed by atoms with Crippen LogP contribution >= 0.6 is 23.2 Å². The number of amides is 1. The lowest BCUT2D eigenvalue weighted by atomic mass is 10.2. The van der Waals surface area contributed by atoms with Crippen molar-refractivity contribution in [3.8, 4) is 0 Å². The molecule has 26 heavy (non-hydrogen) atoms. The molecule has 0 spiro atoms. The fourth-order valence-corrected chi connectivity index (χ4v) is 3.19. The summed E-state index contributed by atoms with van der Waals surface area (Å²) in [5.41, 5.74) is -0.674. The van der Waals surface area contributed by atoms with E-state index >= 15 is 0 Å². The molecule has 0 radical (unpaired) electrons. The highest BCUT2D eigenvalue weighted by atomic mass is 35.5. The fourth-order valence-electron chi connectivity index (χ4n) is 2.73. The average molecular weight is 405 g/mol. The van der Waals surface area contributed by atoms with Gasteiger partial charge in [-0.3, -0.25) is 4.79 Å². The number of halogens is 5. The highest BCUT2D eigenvalue weighted by molar-refractivity contribution is 6.36. The van der Waals surface area contributed by atoms with Gasteiger partial charge < -0.3 is 10.2 Å². The Morgan fingerprint density at radius 3 is 2.73 bits per heavy atom. The molecule has 0 bridgehead atoms. The van der Waals surface area contributed by atoms with Gasteiger partial charge in [-0.15, -0.1) is 0 Å². The summed E-state index contributed by atoms with van der Waals surface area (Å²) in [6.07, 6.45) is -2.44. The molecule has 1 aromatic carbocycles. The number of nitrogens with one attached hydrogen (secondary N) is 1. The fraction of sp³-hybridized carbons (Fsp3) is 0.312. The monoisotopic (exact) mass is 404 g/mol. The summed E-state index contributed by atoms with van der Waals surface area (Å²) in [4.78, 5) is 21.5. The van der Waals surface area contributed by atoms with Gasteiger partial charge in [-0.2, -0.15) is 13.2 Å². The van der Waals surface area contributed by atoms with Crippen LogP contribution in [-0.4, -0.2) is 28.5 Å². The molecular weight excluding hydrogens is 392 g/mol. The van der Waals surface area contributed by atoms with Crippen molar-refractivity contribution < 1.29 is 18.0 Å². The first-order chi connectivity index (χ1) is 12.3. The zero-order valence-corrected chi connectivity index (χ0v) is 14.7. The van der Waals surface area contributed by atoms with Gasteiger partial charge in [0.1, 0.15) is 11.7 Å². The largest absolute Gasteiger partial charge is 0.433 e. The van der Waals surface area contributed by atoms with E-state index in [0.717, 1.165) is 12.3 Å². The maximum atomic E-state index is 12.9. The van der Waals surface area contributed by atoms with E-state index in [1.807, 2.05) is 0 Å². The summed E-state index contributed by atoms with van der Waals surface area (Å²) in [5, 5.41) is 3.37. The van der Waals surface area contributed by atoms with Crippen molar-refractivity contribution in [1.29, 1.82) is 0 Å². The number of rotatable bonds is 3. The Balaban J connectivity index is 1.81. The molecule has 0 aliphatic carbocycles. The molecule has 5 nitrogen and oxygen atoms in total. The topological polar surface area (TPSA) is 58.1 Å². The summed E-state index contributed by atoms with van der Waals surface area (Å²) in [7, 11) is 0. The summed E-state index contributed by atoms with van der Waals surface area (Å²) < 4.78 is 38.6. The Hall–Kier alpha value is -2.06. The first-order valence-electron chi connectivity index (χ1n) is 7.68. The van der Waals surface area contributed by atoms with Crippen LogP contribution in [0.25, 0.3) is 0 Å². The minimum atomic E-state index is -4.58. The SMILES string of the molecule is O=C(Nc1ccc(Cl)cc1Cl)C1CCCN1c1nccc(C(F)(F)F)n1. The van der Waals surface area contributed by atoms with Crippen LogP contribution < -0.4 is 10.2 Å². The van der Waals surface area contributed by atoms with Crippen LogP contribution in [0.4, 0.5) is 24.8 Å². The lowest BCUT2D eigenvalue weighted by Gasteiger charge is -2.24. The van der Waals surface area contributed by atoms with Crippen molar-refractivity contribution in [3.63, 3.8) is 0 Å². The van der Waals surface area contributed by atoms with Crippen molar-refractivity contribution >= 4 is 40.7 Å². The first-order valence-corrected chi connectivity index (χ1v) is 8.44. The molecule has 1 fully saturated rings. The van der Waals surface area contributed by atoms with Crippen molar-refractivity contribution in [2.24, 2.45) is 0 Å². The van der Waals surface area contributed by atoms with E-state index < -0.39 is 23.8 Å². The molecule has 3 rings (SSSR count). The van der Waals surface area contributed by atoms with E-state index in [2.05, 4.69) is 15.3 Å². The summed E-state index contributed by atoms with van der Waals surface area (Å²) in [6.45, 7) is 0.383. The summed E-state index contributed by atoms with van der Waals surface area (Å²) in [5.74, 6) is -0.521. The summed E-state index contributed by atoms with van der Waals surface area (Å²) in [6, 6.07) is 4.72. The number of aromatic nitrogens is 2. The highest BCUT2D eigenvalue weighted by Crippen LogP contribution is 2.31. The van der Waals surface area contributed by atoms with Gasteiger partial charge in [-0.25, -0.2) is 9.97 Å². The second-order valence-corrected chi connectivity index (χ2v) is 6.55. The Labute approximate surface area is 157 Å². The molecular formula is C16H13Cl2F3N4O. The van der Waals surface area contributed by atoms with Crippen molar-refractivity contribution in [2.75, 3.05) is 16.8 Å². The number of anilines is 2. The number of benzene rings is 1. The van der Waals surface area contributed by atoms with Gasteiger partial charge in [0, 0.05) is 17.8 Å². The van der Waals surface area contributed by atoms with Crippen LogP contribution in [0, 0.1) is 0 Å². The van der Waals surface area contributed by atoms with E-state index in [-0.39, 0.29) is 11.0 Å². The van der Waals surface area contributed by atoms with Crippen LogP contribution in [0.15, 0.2) is 30.5 Å². The molecule has 1 unspecified atom stereocenters. The smallest absolute Gasteiger partial charge is 0.329 e. The molecule has 2 heterocycles. The lowest BCUT2D eigenvalue weighted by Crippen LogP contribution is -2.40. The molecule has 1 aliphatic heterocycles. The van der Waals surface area contributed by atoms with Crippen molar-refractivity contribution in [2.45, 2.75) is 25.1 Å². The van der Waals surface area contributed by atoms with E-state index in [4.69, 9.17) is 23.2 Å². The van der Waals surface area contributed by atoms with Crippen molar-refractivity contribution in [1.82, 2.24) is 9.97 Å². The lowest BCUT2D eigenvalue weighted by molar-refractivity contribution is -0.141. The maximum absolute atomic E-state index is 12.9. The summed E-state index contributed by atoms with van der Waals surface area (Å²) >= 11 is 11.9. The molecule has 1 atom stereocenters. The van der Waals surface area contributed by atoms with Crippen LogP contribution in [0.3, 0.4) is 0 Å². The standard InChI is InChI=1S/C16H13Cl2F3N4O/c17-9-3-4-11(10(18)8-9)23-14(26)12-2-1-7-25(12)15-22-6-5-13(24-15)16(19,20)21/h3-6,8,12H,1-2,7H2,(H,23,26). The normalized spacial score (nSPS) is 17.4. The van der Waals surface area contributed by atoms with Crippen LogP contribution in [0.5, 0.6) is 0 Å². The maximum Gasteiger partial charge on any atom is 0.433 e. The minimum absolute atomic E-state index is 0.125. The van der Waals surface area contributed by atoms with E-state index in [9.17, 15) is 18.0 Å². The molecule has 0 saturated carbocycles. The molecule has 1 aliphatic rings. The van der Waals surface area contributed by atoms with Gasteiger partial charge in [-0.05, 0) is 37.1 Å². The van der Waals surface area contributed by atoms with Gasteiger partial charge in [0.05, 0.1) is 10.7 Å². The highest BCUT2D eigenvalue weighted by Gasteiger charge is 2.36. The molecule has 1 aromatic heterocycles. The Morgan fingerprint density at radius 2 is 2.04 bits per heavy atom. The first kappa shape index (κ1) is 18.7. The van der Waals surface area contributed by atoms with E-state index in [0.29, 0.717) is 30.1 Å². The average Bonchev–Trinajstić information content (AvgIpc) is 3.06. The van der Waals surface area contributed by atoms with Crippen LogP contribution in [0.2, 0.25) is 10.0 Å². The zero-order valence-electron chi connectivity index (χ0n) is 13.2. The number of nitrogens with zero attached hydrogens (tertiary/aromatic N) is 3.